The molecule has 2 aromatic heterocycles. The molecule has 0 fully saturated rings. The van der Waals surface area contributed by atoms with Crippen molar-refractivity contribution in [2.45, 2.75) is 26.3 Å². The lowest BCUT2D eigenvalue weighted by Crippen LogP contribution is -1.99. The highest BCUT2D eigenvalue weighted by molar-refractivity contribution is 7.11. The molecular formula is C10H12ClN3S. The van der Waals surface area contributed by atoms with Crippen LogP contribution in [0.2, 0.25) is 0 Å². The molecule has 0 atom stereocenters. The molecule has 2 rings (SSSR count). The van der Waals surface area contributed by atoms with Crippen LogP contribution in [0.3, 0.4) is 0 Å². The Morgan fingerprint density at radius 2 is 2.20 bits per heavy atom. The molecule has 80 valence electrons. The molecule has 3 nitrogen and oxygen atoms in total. The third-order valence-electron chi connectivity index (χ3n) is 2.38. The Hall–Kier alpha value is -0.870. The Morgan fingerprint density at radius 1 is 1.40 bits per heavy atom. The minimum atomic E-state index is 0.541. The van der Waals surface area contributed by atoms with Crippen molar-refractivity contribution in [3.05, 3.63) is 33.8 Å². The topological polar surface area (TPSA) is 30.7 Å². The lowest BCUT2D eigenvalue weighted by molar-refractivity contribution is 0.763. The summed E-state index contributed by atoms with van der Waals surface area (Å²) >= 11 is 7.38. The predicted molar refractivity (Wildman–Crippen MR) is 62.5 cm³/mol. The zero-order valence-electron chi connectivity index (χ0n) is 8.70. The summed E-state index contributed by atoms with van der Waals surface area (Å²) in [4.78, 5) is 9.68. The molecule has 0 N–H and O–H groups in total. The standard InChI is InChI=1S/C10H12ClN3S/c1-7-8(2)14(6-13-7)5-10-12-4-9(3-11)15-10/h4,6H,3,5H2,1-2H3. The molecule has 2 heterocycles. The number of thiazole rings is 1. The number of hydrogen-bond acceptors (Lipinski definition) is 3. The number of nitrogens with zero attached hydrogens (tertiary/aromatic N) is 3. The van der Waals surface area contributed by atoms with Crippen molar-refractivity contribution in [2.75, 3.05) is 0 Å². The van der Waals surface area contributed by atoms with Crippen molar-refractivity contribution in [3.8, 4) is 0 Å². The van der Waals surface area contributed by atoms with Gasteiger partial charge in [0.15, 0.2) is 0 Å². The Morgan fingerprint density at radius 3 is 2.73 bits per heavy atom. The third kappa shape index (κ3) is 2.21. The second-order valence-corrected chi connectivity index (χ2v) is 4.86. The van der Waals surface area contributed by atoms with Crippen molar-refractivity contribution in [1.29, 1.82) is 0 Å². The lowest BCUT2D eigenvalue weighted by Gasteiger charge is -2.01. The van der Waals surface area contributed by atoms with Crippen LogP contribution in [0.15, 0.2) is 12.5 Å². The van der Waals surface area contributed by atoms with Gasteiger partial charge in [-0.2, -0.15) is 0 Å². The minimum absolute atomic E-state index is 0.541. The van der Waals surface area contributed by atoms with Crippen molar-refractivity contribution in [3.63, 3.8) is 0 Å². The van der Waals surface area contributed by atoms with E-state index in [2.05, 4.69) is 21.5 Å². The molecule has 0 saturated carbocycles. The molecule has 0 saturated heterocycles. The van der Waals surface area contributed by atoms with Crippen LogP contribution in [0, 0.1) is 13.8 Å². The number of rotatable bonds is 3. The molecule has 0 bridgehead atoms. The average Bonchev–Trinajstić information content (AvgIpc) is 2.80. The molecule has 0 radical (unpaired) electrons. The number of hydrogen-bond donors (Lipinski definition) is 0. The number of halogens is 1. The van der Waals surface area contributed by atoms with Crippen LogP contribution in [0.5, 0.6) is 0 Å². The highest BCUT2D eigenvalue weighted by atomic mass is 35.5. The van der Waals surface area contributed by atoms with Gasteiger partial charge in [0.25, 0.3) is 0 Å². The lowest BCUT2D eigenvalue weighted by atomic mass is 10.4. The van der Waals surface area contributed by atoms with Gasteiger partial charge in [0, 0.05) is 16.8 Å². The molecular weight excluding hydrogens is 230 g/mol. The van der Waals surface area contributed by atoms with E-state index in [-0.39, 0.29) is 0 Å². The highest BCUT2D eigenvalue weighted by Crippen LogP contribution is 2.17. The maximum Gasteiger partial charge on any atom is 0.113 e. The second-order valence-electron chi connectivity index (χ2n) is 3.40. The molecule has 2 aromatic rings. The molecule has 0 amide bonds. The Labute approximate surface area is 97.8 Å². The molecule has 0 unspecified atom stereocenters. The number of imidazole rings is 1. The molecule has 15 heavy (non-hydrogen) atoms. The first-order chi connectivity index (χ1) is 7.20. The number of aromatic nitrogens is 3. The maximum absolute atomic E-state index is 5.73. The van der Waals surface area contributed by atoms with Gasteiger partial charge in [0.1, 0.15) is 5.01 Å². The van der Waals surface area contributed by atoms with Crippen molar-refractivity contribution >= 4 is 22.9 Å². The van der Waals surface area contributed by atoms with Gasteiger partial charge in [-0.3, -0.25) is 0 Å². The fourth-order valence-corrected chi connectivity index (χ4v) is 2.34. The monoisotopic (exact) mass is 241 g/mol. The van der Waals surface area contributed by atoms with Crippen LogP contribution < -0.4 is 0 Å². The predicted octanol–water partition coefficient (Wildman–Crippen LogP) is 2.74. The van der Waals surface area contributed by atoms with E-state index >= 15 is 0 Å². The van der Waals surface area contributed by atoms with Gasteiger partial charge < -0.3 is 4.57 Å². The van der Waals surface area contributed by atoms with Gasteiger partial charge in [0.05, 0.1) is 24.4 Å². The fraction of sp³-hybridized carbons (Fsp3) is 0.400. The normalized spacial score (nSPS) is 10.9. The molecule has 0 aromatic carbocycles. The summed E-state index contributed by atoms with van der Waals surface area (Å²) in [6.45, 7) is 4.87. The van der Waals surface area contributed by atoms with Gasteiger partial charge in [-0.1, -0.05) is 0 Å². The fourth-order valence-electron chi connectivity index (χ4n) is 1.33. The zero-order valence-corrected chi connectivity index (χ0v) is 10.3. The Kier molecular flexibility index (Phi) is 3.07. The number of alkyl halides is 1. The third-order valence-corrected chi connectivity index (χ3v) is 3.81. The summed E-state index contributed by atoms with van der Waals surface area (Å²) in [5.41, 5.74) is 2.27. The summed E-state index contributed by atoms with van der Waals surface area (Å²) in [7, 11) is 0. The Balaban J connectivity index is 2.18. The first kappa shape index (κ1) is 10.6. The van der Waals surface area contributed by atoms with Crippen LogP contribution >= 0.6 is 22.9 Å². The molecule has 5 heteroatoms. The summed E-state index contributed by atoms with van der Waals surface area (Å²) < 4.78 is 2.10. The van der Waals surface area contributed by atoms with Gasteiger partial charge in [-0.15, -0.1) is 22.9 Å². The highest BCUT2D eigenvalue weighted by Gasteiger charge is 2.05. The quantitative estimate of drug-likeness (QED) is 0.774. The van der Waals surface area contributed by atoms with E-state index in [1.807, 2.05) is 19.4 Å². The van der Waals surface area contributed by atoms with Crippen LogP contribution in [0.1, 0.15) is 21.3 Å². The van der Waals surface area contributed by atoms with Gasteiger partial charge in [0.2, 0.25) is 0 Å². The van der Waals surface area contributed by atoms with E-state index in [0.29, 0.717) is 5.88 Å². The average molecular weight is 242 g/mol. The first-order valence-electron chi connectivity index (χ1n) is 4.68. The van der Waals surface area contributed by atoms with E-state index in [4.69, 9.17) is 11.6 Å². The van der Waals surface area contributed by atoms with Crippen LogP contribution in [-0.4, -0.2) is 14.5 Å². The summed E-state index contributed by atoms with van der Waals surface area (Å²) in [6, 6.07) is 0. The van der Waals surface area contributed by atoms with Crippen LogP contribution in [0.4, 0.5) is 0 Å². The van der Waals surface area contributed by atoms with Crippen LogP contribution in [0.25, 0.3) is 0 Å². The zero-order chi connectivity index (χ0) is 10.8. The van der Waals surface area contributed by atoms with E-state index in [1.54, 1.807) is 11.3 Å². The summed E-state index contributed by atoms with van der Waals surface area (Å²) in [5.74, 6) is 0.541. The van der Waals surface area contributed by atoms with E-state index in [0.717, 1.165) is 22.1 Å². The van der Waals surface area contributed by atoms with E-state index in [9.17, 15) is 0 Å². The Bertz CT molecular complexity index is 461. The van der Waals surface area contributed by atoms with E-state index in [1.165, 1.54) is 5.69 Å². The van der Waals surface area contributed by atoms with Gasteiger partial charge in [-0.25, -0.2) is 9.97 Å². The largest absolute Gasteiger partial charge is 0.328 e. The molecule has 0 aliphatic carbocycles. The van der Waals surface area contributed by atoms with Crippen molar-refractivity contribution < 1.29 is 0 Å². The summed E-state index contributed by atoms with van der Waals surface area (Å²) in [5, 5.41) is 1.08. The van der Waals surface area contributed by atoms with Crippen LogP contribution in [-0.2, 0) is 12.4 Å². The van der Waals surface area contributed by atoms with Crippen molar-refractivity contribution in [2.24, 2.45) is 0 Å². The molecule has 0 aliphatic rings. The molecule has 0 aliphatic heterocycles. The van der Waals surface area contributed by atoms with Gasteiger partial charge >= 0.3 is 0 Å². The first-order valence-corrected chi connectivity index (χ1v) is 6.03. The second kappa shape index (κ2) is 4.33. The van der Waals surface area contributed by atoms with E-state index < -0.39 is 0 Å². The summed E-state index contributed by atoms with van der Waals surface area (Å²) in [6.07, 6.45) is 3.69. The maximum atomic E-state index is 5.73. The SMILES string of the molecule is Cc1ncn(Cc2ncc(CCl)s2)c1C. The van der Waals surface area contributed by atoms with Gasteiger partial charge in [-0.05, 0) is 13.8 Å². The van der Waals surface area contributed by atoms with Crippen molar-refractivity contribution in [1.82, 2.24) is 14.5 Å². The smallest absolute Gasteiger partial charge is 0.113 e. The minimum Gasteiger partial charge on any atom is -0.328 e. The molecule has 0 spiro atoms. The number of aryl methyl sites for hydroxylation is 1.